The second-order valence-electron chi connectivity index (χ2n) is 4.57. The summed E-state index contributed by atoms with van der Waals surface area (Å²) in [6, 6.07) is 0. The van der Waals surface area contributed by atoms with Crippen LogP contribution in [0.1, 0.15) is 44.9 Å². The van der Waals surface area contributed by atoms with Crippen molar-refractivity contribution < 1.29 is 14.3 Å². The van der Waals surface area contributed by atoms with Crippen LogP contribution in [0.15, 0.2) is 0 Å². The maximum atomic E-state index is 11.8. The van der Waals surface area contributed by atoms with Gasteiger partial charge >= 0.3 is 5.97 Å². The van der Waals surface area contributed by atoms with Crippen molar-refractivity contribution in [1.82, 2.24) is 0 Å². The minimum atomic E-state index is -0.962. The van der Waals surface area contributed by atoms with Crippen LogP contribution in [-0.4, -0.2) is 24.9 Å². The quantitative estimate of drug-likeness (QED) is 0.569. The Morgan fingerprint density at radius 2 is 2.06 bits per heavy atom. The maximum Gasteiger partial charge on any atom is 0.326 e. The topological polar surface area (TPSA) is 69.4 Å². The molecule has 0 spiro atoms. The molecule has 1 saturated carbocycles. The lowest BCUT2D eigenvalue weighted by Crippen LogP contribution is -2.55. The van der Waals surface area contributed by atoms with E-state index >= 15 is 0 Å². The molecule has 2 N–H and O–H groups in total. The smallest absolute Gasteiger partial charge is 0.326 e. The molecule has 0 aromatic rings. The zero-order valence-corrected chi connectivity index (χ0v) is 9.91. The molecule has 0 aromatic carbocycles. The van der Waals surface area contributed by atoms with Crippen molar-refractivity contribution in [3.8, 4) is 0 Å². The van der Waals surface area contributed by atoms with E-state index in [1.54, 1.807) is 0 Å². The lowest BCUT2D eigenvalue weighted by molar-refractivity contribution is -0.150. The Morgan fingerprint density at radius 3 is 2.56 bits per heavy atom. The van der Waals surface area contributed by atoms with E-state index in [4.69, 9.17) is 10.5 Å². The van der Waals surface area contributed by atoms with E-state index in [1.165, 1.54) is 13.5 Å². The summed E-state index contributed by atoms with van der Waals surface area (Å²) in [5.41, 5.74) is 5.22. The maximum absolute atomic E-state index is 11.8. The predicted octanol–water partition coefficient (Wildman–Crippen LogP) is 1.42. The van der Waals surface area contributed by atoms with E-state index in [0.29, 0.717) is 12.8 Å². The molecule has 0 saturated heterocycles. The highest BCUT2D eigenvalue weighted by molar-refractivity contribution is 5.81. The Kier molecular flexibility index (Phi) is 4.93. The molecule has 1 unspecified atom stereocenters. The highest BCUT2D eigenvalue weighted by Gasteiger charge is 2.42. The Labute approximate surface area is 96.5 Å². The van der Waals surface area contributed by atoms with Gasteiger partial charge in [0.1, 0.15) is 11.8 Å². The fraction of sp³-hybridized carbons (Fsp3) is 0.833. The standard InChI is InChI=1S/C12H21NO3/c1-16-11(15)12(13,8-5-9-14)10-6-3-2-4-7-10/h9-10H,2-8,13H2,1H3. The summed E-state index contributed by atoms with van der Waals surface area (Å²) in [5.74, 6) is -0.213. The van der Waals surface area contributed by atoms with Crippen molar-refractivity contribution in [2.45, 2.75) is 50.5 Å². The molecule has 92 valence electrons. The normalized spacial score (nSPS) is 21.1. The number of ether oxygens (including phenoxy) is 1. The summed E-state index contributed by atoms with van der Waals surface area (Å²) < 4.78 is 4.79. The van der Waals surface area contributed by atoms with Gasteiger partial charge in [-0.05, 0) is 25.2 Å². The van der Waals surface area contributed by atoms with Crippen LogP contribution in [0.5, 0.6) is 0 Å². The van der Waals surface area contributed by atoms with Gasteiger partial charge in [0.05, 0.1) is 7.11 Å². The number of carbonyl (C=O) groups excluding carboxylic acids is 2. The van der Waals surface area contributed by atoms with Crippen LogP contribution in [0.2, 0.25) is 0 Å². The van der Waals surface area contributed by atoms with Crippen molar-refractivity contribution in [1.29, 1.82) is 0 Å². The molecule has 0 aliphatic heterocycles. The Balaban J connectivity index is 2.74. The average molecular weight is 227 g/mol. The number of nitrogens with two attached hydrogens (primary N) is 1. The molecule has 1 aliphatic rings. The fourth-order valence-electron chi connectivity index (χ4n) is 2.58. The highest BCUT2D eigenvalue weighted by Crippen LogP contribution is 2.34. The molecular formula is C12H21NO3. The molecule has 1 rings (SSSR count). The SMILES string of the molecule is COC(=O)C(N)(CCC=O)C1CCCCC1. The Morgan fingerprint density at radius 1 is 1.44 bits per heavy atom. The van der Waals surface area contributed by atoms with Gasteiger partial charge in [0.25, 0.3) is 0 Å². The molecule has 4 nitrogen and oxygen atoms in total. The van der Waals surface area contributed by atoms with E-state index in [2.05, 4.69) is 0 Å². The number of rotatable bonds is 5. The van der Waals surface area contributed by atoms with Crippen LogP contribution < -0.4 is 5.73 Å². The molecule has 0 heterocycles. The van der Waals surface area contributed by atoms with Crippen LogP contribution in [-0.2, 0) is 14.3 Å². The second-order valence-corrected chi connectivity index (χ2v) is 4.57. The summed E-state index contributed by atoms with van der Waals surface area (Å²) >= 11 is 0. The van der Waals surface area contributed by atoms with Crippen molar-refractivity contribution in [2.24, 2.45) is 11.7 Å². The third-order valence-corrected chi connectivity index (χ3v) is 3.57. The number of esters is 1. The van der Waals surface area contributed by atoms with Crippen molar-refractivity contribution in [3.63, 3.8) is 0 Å². The number of carbonyl (C=O) groups is 2. The zero-order valence-electron chi connectivity index (χ0n) is 9.91. The third kappa shape index (κ3) is 2.82. The van der Waals surface area contributed by atoms with E-state index in [0.717, 1.165) is 32.0 Å². The first-order chi connectivity index (χ1) is 7.65. The molecule has 0 bridgehead atoms. The minimum Gasteiger partial charge on any atom is -0.468 e. The second kappa shape index (κ2) is 5.99. The van der Waals surface area contributed by atoms with Gasteiger partial charge in [0, 0.05) is 6.42 Å². The summed E-state index contributed by atoms with van der Waals surface area (Å²) in [7, 11) is 1.35. The van der Waals surface area contributed by atoms with Gasteiger partial charge in [0.2, 0.25) is 0 Å². The summed E-state index contributed by atoms with van der Waals surface area (Å²) in [4.78, 5) is 22.2. The van der Waals surface area contributed by atoms with Gasteiger partial charge in [-0.2, -0.15) is 0 Å². The number of methoxy groups -OCH3 is 1. The number of aldehydes is 1. The van der Waals surface area contributed by atoms with Crippen LogP contribution >= 0.6 is 0 Å². The predicted molar refractivity (Wildman–Crippen MR) is 60.8 cm³/mol. The van der Waals surface area contributed by atoms with Crippen molar-refractivity contribution in [2.75, 3.05) is 7.11 Å². The molecule has 1 aliphatic carbocycles. The van der Waals surface area contributed by atoms with Gasteiger partial charge in [-0.1, -0.05) is 19.3 Å². The molecular weight excluding hydrogens is 206 g/mol. The van der Waals surface area contributed by atoms with Gasteiger partial charge < -0.3 is 15.3 Å². The van der Waals surface area contributed by atoms with E-state index in [9.17, 15) is 9.59 Å². The summed E-state index contributed by atoms with van der Waals surface area (Å²) in [6.07, 6.45) is 6.89. The van der Waals surface area contributed by atoms with Gasteiger partial charge in [-0.3, -0.25) is 4.79 Å². The summed E-state index contributed by atoms with van der Waals surface area (Å²) in [6.45, 7) is 0. The van der Waals surface area contributed by atoms with Gasteiger partial charge in [0.15, 0.2) is 0 Å². The first-order valence-corrected chi connectivity index (χ1v) is 5.96. The zero-order chi connectivity index (χ0) is 12.0. The minimum absolute atomic E-state index is 0.161. The lowest BCUT2D eigenvalue weighted by Gasteiger charge is -2.36. The molecule has 1 atom stereocenters. The van der Waals surface area contributed by atoms with Crippen LogP contribution in [0, 0.1) is 5.92 Å². The number of hydrogen-bond acceptors (Lipinski definition) is 4. The highest BCUT2D eigenvalue weighted by atomic mass is 16.5. The largest absolute Gasteiger partial charge is 0.468 e. The molecule has 0 aromatic heterocycles. The van der Waals surface area contributed by atoms with Gasteiger partial charge in [-0.25, -0.2) is 0 Å². The molecule has 0 radical (unpaired) electrons. The first-order valence-electron chi connectivity index (χ1n) is 5.96. The van der Waals surface area contributed by atoms with Crippen molar-refractivity contribution in [3.05, 3.63) is 0 Å². The third-order valence-electron chi connectivity index (χ3n) is 3.57. The first kappa shape index (κ1) is 13.2. The van der Waals surface area contributed by atoms with Crippen LogP contribution in [0.25, 0.3) is 0 Å². The Bertz CT molecular complexity index is 249. The summed E-state index contributed by atoms with van der Waals surface area (Å²) in [5, 5.41) is 0. The average Bonchev–Trinajstić information content (AvgIpc) is 2.36. The molecule has 1 fully saturated rings. The van der Waals surface area contributed by atoms with Gasteiger partial charge in [-0.15, -0.1) is 0 Å². The van der Waals surface area contributed by atoms with E-state index < -0.39 is 5.54 Å². The monoisotopic (exact) mass is 227 g/mol. The van der Waals surface area contributed by atoms with Crippen molar-refractivity contribution >= 4 is 12.3 Å². The number of hydrogen-bond donors (Lipinski definition) is 1. The van der Waals surface area contributed by atoms with Crippen LogP contribution in [0.4, 0.5) is 0 Å². The fourth-order valence-corrected chi connectivity index (χ4v) is 2.58. The van der Waals surface area contributed by atoms with Crippen LogP contribution in [0.3, 0.4) is 0 Å². The lowest BCUT2D eigenvalue weighted by atomic mass is 9.73. The molecule has 0 amide bonds. The van der Waals surface area contributed by atoms with E-state index in [1.807, 2.05) is 0 Å². The Hall–Kier alpha value is -0.900. The van der Waals surface area contributed by atoms with E-state index in [-0.39, 0.29) is 11.9 Å². The molecule has 4 heteroatoms. The molecule has 16 heavy (non-hydrogen) atoms.